The van der Waals surface area contributed by atoms with Crippen molar-refractivity contribution >= 4 is 22.4 Å². The van der Waals surface area contributed by atoms with Gasteiger partial charge in [0.2, 0.25) is 0 Å². The van der Waals surface area contributed by atoms with E-state index in [1.807, 2.05) is 12.1 Å². The molecule has 0 atom stereocenters. The van der Waals surface area contributed by atoms with Gasteiger partial charge in [0.1, 0.15) is 5.75 Å². The summed E-state index contributed by atoms with van der Waals surface area (Å²) < 4.78 is 6.23. The van der Waals surface area contributed by atoms with E-state index >= 15 is 0 Å². The maximum Gasteiger partial charge on any atom is 0.255 e. The number of aromatic amines is 1. The van der Waals surface area contributed by atoms with Crippen LogP contribution in [0.3, 0.4) is 0 Å². The molecule has 0 bridgehead atoms. The molecule has 134 valence electrons. The van der Waals surface area contributed by atoms with E-state index in [0.29, 0.717) is 21.7 Å². The minimum atomic E-state index is -0.122. The van der Waals surface area contributed by atoms with Crippen LogP contribution in [0.5, 0.6) is 5.75 Å². The lowest BCUT2D eigenvalue weighted by Gasteiger charge is -2.41. The SMILES string of the molecule is CCNC1(C2CC2)CCC(Oc2cc3cc[nH]c(=O)c3cc2Cl)CC1. The number of nitrogens with one attached hydrogen (secondary N) is 2. The van der Waals surface area contributed by atoms with Crippen LogP contribution in [0.1, 0.15) is 45.4 Å². The summed E-state index contributed by atoms with van der Waals surface area (Å²) in [5.74, 6) is 1.54. The Balaban J connectivity index is 1.49. The van der Waals surface area contributed by atoms with Gasteiger partial charge in [-0.25, -0.2) is 0 Å². The van der Waals surface area contributed by atoms with E-state index in [2.05, 4.69) is 17.2 Å². The Bertz CT molecular complexity index is 820. The van der Waals surface area contributed by atoms with Crippen LogP contribution in [0, 0.1) is 5.92 Å². The van der Waals surface area contributed by atoms with Crippen LogP contribution in [0.2, 0.25) is 5.02 Å². The quantitative estimate of drug-likeness (QED) is 0.837. The third-order valence-electron chi connectivity index (χ3n) is 5.83. The number of halogens is 1. The van der Waals surface area contributed by atoms with Gasteiger partial charge in [-0.1, -0.05) is 18.5 Å². The third-order valence-corrected chi connectivity index (χ3v) is 6.13. The molecule has 0 unspecified atom stereocenters. The molecule has 2 fully saturated rings. The summed E-state index contributed by atoms with van der Waals surface area (Å²) >= 11 is 6.37. The predicted octanol–water partition coefficient (Wildman–Crippen LogP) is 4.26. The van der Waals surface area contributed by atoms with Crippen molar-refractivity contribution in [3.63, 3.8) is 0 Å². The Morgan fingerprint density at radius 2 is 2.04 bits per heavy atom. The number of hydrogen-bond acceptors (Lipinski definition) is 3. The van der Waals surface area contributed by atoms with E-state index < -0.39 is 0 Å². The zero-order chi connectivity index (χ0) is 17.4. The molecule has 4 nitrogen and oxygen atoms in total. The third kappa shape index (κ3) is 3.30. The second-order valence-electron chi connectivity index (χ2n) is 7.45. The average molecular weight is 361 g/mol. The summed E-state index contributed by atoms with van der Waals surface area (Å²) in [6.45, 7) is 3.23. The van der Waals surface area contributed by atoms with Crippen LogP contribution in [-0.4, -0.2) is 23.2 Å². The van der Waals surface area contributed by atoms with Gasteiger partial charge in [0.15, 0.2) is 0 Å². The first-order chi connectivity index (χ1) is 12.1. The molecule has 0 spiro atoms. The topological polar surface area (TPSA) is 54.1 Å². The van der Waals surface area contributed by atoms with Gasteiger partial charge in [0.05, 0.1) is 11.1 Å². The summed E-state index contributed by atoms with van der Waals surface area (Å²) in [7, 11) is 0. The van der Waals surface area contributed by atoms with Crippen molar-refractivity contribution in [2.45, 2.75) is 57.1 Å². The fourth-order valence-electron chi connectivity index (χ4n) is 4.40. The van der Waals surface area contributed by atoms with E-state index in [9.17, 15) is 4.79 Å². The number of ether oxygens (including phenoxy) is 1. The molecule has 1 aromatic carbocycles. The highest BCUT2D eigenvalue weighted by Gasteiger charge is 2.46. The van der Waals surface area contributed by atoms with E-state index in [4.69, 9.17) is 16.3 Å². The van der Waals surface area contributed by atoms with E-state index in [1.165, 1.54) is 25.7 Å². The Morgan fingerprint density at radius 3 is 2.72 bits per heavy atom. The molecule has 5 heteroatoms. The van der Waals surface area contributed by atoms with Gasteiger partial charge in [-0.2, -0.15) is 0 Å². The molecule has 1 aromatic heterocycles. The van der Waals surface area contributed by atoms with E-state index in [-0.39, 0.29) is 11.7 Å². The number of hydrogen-bond donors (Lipinski definition) is 2. The predicted molar refractivity (Wildman–Crippen MR) is 102 cm³/mol. The highest BCUT2D eigenvalue weighted by atomic mass is 35.5. The van der Waals surface area contributed by atoms with Crippen LogP contribution in [0.15, 0.2) is 29.2 Å². The van der Waals surface area contributed by atoms with Crippen molar-refractivity contribution in [1.29, 1.82) is 0 Å². The zero-order valence-corrected chi connectivity index (χ0v) is 15.4. The van der Waals surface area contributed by atoms with Gasteiger partial charge < -0.3 is 15.0 Å². The second-order valence-corrected chi connectivity index (χ2v) is 7.86. The van der Waals surface area contributed by atoms with E-state index in [1.54, 1.807) is 12.3 Å². The molecule has 2 aromatic rings. The van der Waals surface area contributed by atoms with Crippen molar-refractivity contribution < 1.29 is 4.74 Å². The average Bonchev–Trinajstić information content (AvgIpc) is 3.44. The standard InChI is InChI=1S/C20H25ClN2O2/c1-2-23-20(14-3-4-14)8-5-15(6-9-20)25-18-11-13-7-10-22-19(24)16(13)12-17(18)21/h7,10-12,14-15,23H,2-6,8-9H2,1H3,(H,22,24). The summed E-state index contributed by atoms with van der Waals surface area (Å²) in [4.78, 5) is 14.6. The highest BCUT2D eigenvalue weighted by molar-refractivity contribution is 6.32. The van der Waals surface area contributed by atoms with Crippen LogP contribution in [-0.2, 0) is 0 Å². The van der Waals surface area contributed by atoms with Gasteiger partial charge >= 0.3 is 0 Å². The molecular formula is C20H25ClN2O2. The second kappa shape index (κ2) is 6.65. The highest BCUT2D eigenvalue weighted by Crippen LogP contribution is 2.47. The molecule has 2 N–H and O–H groups in total. The van der Waals surface area contributed by atoms with Crippen molar-refractivity contribution in [2.24, 2.45) is 5.92 Å². The number of benzene rings is 1. The number of fused-ring (bicyclic) bond motifs is 1. The minimum absolute atomic E-state index is 0.122. The minimum Gasteiger partial charge on any atom is -0.489 e. The van der Waals surface area contributed by atoms with Crippen molar-refractivity contribution in [2.75, 3.05) is 6.54 Å². The summed E-state index contributed by atoms with van der Waals surface area (Å²) in [5.41, 5.74) is 0.207. The first kappa shape index (κ1) is 16.9. The molecule has 2 saturated carbocycles. The molecule has 0 amide bonds. The first-order valence-corrected chi connectivity index (χ1v) is 9.72. The van der Waals surface area contributed by atoms with E-state index in [0.717, 1.165) is 30.7 Å². The summed E-state index contributed by atoms with van der Waals surface area (Å²) in [5, 5.41) is 5.74. The lowest BCUT2D eigenvalue weighted by Crippen LogP contribution is -2.51. The Hall–Kier alpha value is -1.52. The number of H-pyrrole nitrogens is 1. The van der Waals surface area contributed by atoms with Crippen molar-refractivity contribution in [3.8, 4) is 5.75 Å². The fraction of sp³-hybridized carbons (Fsp3) is 0.550. The maximum atomic E-state index is 11.9. The van der Waals surface area contributed by atoms with Crippen molar-refractivity contribution in [3.05, 3.63) is 39.8 Å². The first-order valence-electron chi connectivity index (χ1n) is 9.34. The molecular weight excluding hydrogens is 336 g/mol. The normalized spacial score (nSPS) is 26.7. The maximum absolute atomic E-state index is 11.9. The Labute approximate surface area is 152 Å². The van der Waals surface area contributed by atoms with Crippen molar-refractivity contribution in [1.82, 2.24) is 10.3 Å². The smallest absolute Gasteiger partial charge is 0.255 e. The van der Waals surface area contributed by atoms with Gasteiger partial charge in [-0.05, 0) is 74.6 Å². The summed E-state index contributed by atoms with van der Waals surface area (Å²) in [6.07, 6.45) is 9.02. The van der Waals surface area contributed by atoms with Crippen LogP contribution in [0.25, 0.3) is 10.8 Å². The molecule has 2 aliphatic carbocycles. The molecule has 0 radical (unpaired) electrons. The van der Waals surface area contributed by atoms with Crippen LogP contribution >= 0.6 is 11.6 Å². The molecule has 4 rings (SSSR count). The van der Waals surface area contributed by atoms with Gasteiger partial charge in [0.25, 0.3) is 5.56 Å². The lowest BCUT2D eigenvalue weighted by atomic mass is 9.76. The lowest BCUT2D eigenvalue weighted by molar-refractivity contribution is 0.0918. The largest absolute Gasteiger partial charge is 0.489 e. The molecule has 1 heterocycles. The molecule has 2 aliphatic rings. The zero-order valence-electron chi connectivity index (χ0n) is 14.6. The molecule has 0 aliphatic heterocycles. The number of rotatable bonds is 5. The Kier molecular flexibility index (Phi) is 4.50. The number of pyridine rings is 1. The Morgan fingerprint density at radius 1 is 1.28 bits per heavy atom. The molecule has 25 heavy (non-hydrogen) atoms. The van der Waals surface area contributed by atoms with Gasteiger partial charge in [-0.3, -0.25) is 4.79 Å². The molecule has 0 saturated heterocycles. The van der Waals surface area contributed by atoms with Gasteiger partial charge in [-0.15, -0.1) is 0 Å². The van der Waals surface area contributed by atoms with Crippen LogP contribution in [0.4, 0.5) is 0 Å². The number of aromatic nitrogens is 1. The van der Waals surface area contributed by atoms with Crippen LogP contribution < -0.4 is 15.6 Å². The monoisotopic (exact) mass is 360 g/mol. The fourth-order valence-corrected chi connectivity index (χ4v) is 4.61. The summed E-state index contributed by atoms with van der Waals surface area (Å²) in [6, 6.07) is 5.48. The van der Waals surface area contributed by atoms with Gasteiger partial charge in [0, 0.05) is 17.1 Å².